The smallest absolute Gasteiger partial charge is 0.342 e. The number of carbonyl (C=O) groups excluding carboxylic acids is 2. The van der Waals surface area contributed by atoms with E-state index in [4.69, 9.17) is 0 Å². The first-order valence-electron chi connectivity index (χ1n) is 7.17. The number of halogens is 3. The number of nitrogens with zero attached hydrogens (tertiary/aromatic N) is 6. The van der Waals surface area contributed by atoms with Gasteiger partial charge in [0.15, 0.2) is 5.82 Å². The van der Waals surface area contributed by atoms with Gasteiger partial charge in [-0.1, -0.05) is 0 Å². The fourth-order valence-electron chi connectivity index (χ4n) is 2.35. The highest BCUT2D eigenvalue weighted by Crippen LogP contribution is 2.29. The van der Waals surface area contributed by atoms with Gasteiger partial charge in [0.2, 0.25) is 11.7 Å². The van der Waals surface area contributed by atoms with Crippen LogP contribution in [0.1, 0.15) is 22.1 Å². The van der Waals surface area contributed by atoms with E-state index in [1.54, 1.807) is 0 Å². The second-order valence-corrected chi connectivity index (χ2v) is 5.18. The molecule has 2 amide bonds. The minimum Gasteiger partial charge on any atom is -0.342 e. The van der Waals surface area contributed by atoms with E-state index in [1.165, 1.54) is 23.5 Å². The van der Waals surface area contributed by atoms with Crippen molar-refractivity contribution in [2.24, 2.45) is 0 Å². The lowest BCUT2D eigenvalue weighted by Crippen LogP contribution is -2.44. The predicted molar refractivity (Wildman–Crippen MR) is 74.8 cm³/mol. The number of alkyl halides is 3. The zero-order valence-electron chi connectivity index (χ0n) is 12.7. The highest BCUT2D eigenvalue weighted by Gasteiger charge is 2.39. The van der Waals surface area contributed by atoms with Gasteiger partial charge >= 0.3 is 6.18 Å². The molecule has 1 aliphatic heterocycles. The van der Waals surface area contributed by atoms with Gasteiger partial charge in [-0.05, 0) is 0 Å². The number of rotatable bonds is 3. The van der Waals surface area contributed by atoms with E-state index in [1.807, 2.05) is 0 Å². The largest absolute Gasteiger partial charge is 0.451 e. The molecule has 0 saturated carbocycles. The lowest BCUT2D eigenvalue weighted by atomic mass is 10.3. The summed E-state index contributed by atoms with van der Waals surface area (Å²) in [5, 5.41) is 9.03. The van der Waals surface area contributed by atoms with Crippen molar-refractivity contribution in [3.63, 3.8) is 0 Å². The summed E-state index contributed by atoms with van der Waals surface area (Å²) in [7, 11) is 0. The maximum absolute atomic E-state index is 12.8. The lowest BCUT2D eigenvalue weighted by molar-refractivity contribution is -0.148. The highest BCUT2D eigenvalue weighted by molar-refractivity contribution is 5.94. The van der Waals surface area contributed by atoms with Crippen LogP contribution >= 0.6 is 0 Å². The van der Waals surface area contributed by atoms with Crippen molar-refractivity contribution >= 4 is 11.8 Å². The Kier molecular flexibility index (Phi) is 4.33. The van der Waals surface area contributed by atoms with Gasteiger partial charge < -0.3 is 14.8 Å². The molecular weight excluding hydrogens is 343 g/mol. The molecule has 12 heteroatoms. The summed E-state index contributed by atoms with van der Waals surface area (Å²) >= 11 is 0. The van der Waals surface area contributed by atoms with Crippen LogP contribution in [0, 0.1) is 0 Å². The molecule has 132 valence electrons. The van der Waals surface area contributed by atoms with E-state index >= 15 is 0 Å². The van der Waals surface area contributed by atoms with E-state index in [0.717, 1.165) is 4.57 Å². The molecule has 1 N–H and O–H groups in total. The molecule has 0 radical (unpaired) electrons. The normalized spacial score (nSPS) is 14.1. The van der Waals surface area contributed by atoms with Gasteiger partial charge in [0, 0.05) is 25.5 Å². The molecule has 0 bridgehead atoms. The van der Waals surface area contributed by atoms with Gasteiger partial charge in [-0.3, -0.25) is 14.6 Å². The average Bonchev–Trinajstić information content (AvgIpc) is 3.03. The van der Waals surface area contributed by atoms with Crippen LogP contribution in [0.4, 0.5) is 13.2 Å². The minimum absolute atomic E-state index is 0.0483. The van der Waals surface area contributed by atoms with Crippen LogP contribution in [0.2, 0.25) is 0 Å². The molecular formula is C13H12F3N7O2. The molecule has 25 heavy (non-hydrogen) atoms. The Bertz CT molecular complexity index is 791. The third kappa shape index (κ3) is 3.56. The summed E-state index contributed by atoms with van der Waals surface area (Å²) in [4.78, 5) is 32.8. The number of hydrogen-bond acceptors (Lipinski definition) is 6. The molecule has 3 rings (SSSR count). The number of nitrogens with one attached hydrogen (secondary N) is 1. The minimum atomic E-state index is -4.60. The van der Waals surface area contributed by atoms with Gasteiger partial charge in [0.05, 0.1) is 19.3 Å². The topological polar surface area (TPSA) is 106 Å². The number of aromatic nitrogens is 5. The highest BCUT2D eigenvalue weighted by atomic mass is 19.4. The standard InChI is InChI=1S/C13H12F3N7O2/c14-13(15,16)12-21-20-9-7-22(3-4-23(9)12)10(24)6-19-11(25)8-5-17-1-2-18-8/h1-2,5H,3-4,6-7H2,(H,19,25). The third-order valence-electron chi connectivity index (χ3n) is 3.56. The van der Waals surface area contributed by atoms with Crippen molar-refractivity contribution in [3.05, 3.63) is 35.9 Å². The van der Waals surface area contributed by atoms with Crippen LogP contribution in [0.3, 0.4) is 0 Å². The third-order valence-corrected chi connectivity index (χ3v) is 3.56. The van der Waals surface area contributed by atoms with Crippen LogP contribution in [-0.2, 0) is 24.1 Å². The van der Waals surface area contributed by atoms with Gasteiger partial charge in [-0.2, -0.15) is 13.2 Å². The summed E-state index contributed by atoms with van der Waals surface area (Å²) in [5.41, 5.74) is 0.0588. The molecule has 9 nitrogen and oxygen atoms in total. The van der Waals surface area contributed by atoms with E-state index in [9.17, 15) is 22.8 Å². The van der Waals surface area contributed by atoms with E-state index < -0.39 is 23.8 Å². The van der Waals surface area contributed by atoms with Crippen molar-refractivity contribution in [2.75, 3.05) is 13.1 Å². The fraction of sp³-hybridized carbons (Fsp3) is 0.385. The van der Waals surface area contributed by atoms with Crippen LogP contribution in [0.25, 0.3) is 0 Å². The molecule has 2 aromatic rings. The molecule has 0 saturated heterocycles. The van der Waals surface area contributed by atoms with Crippen molar-refractivity contribution < 1.29 is 22.8 Å². The first kappa shape index (κ1) is 16.8. The van der Waals surface area contributed by atoms with Gasteiger partial charge in [0.1, 0.15) is 5.69 Å². The number of hydrogen-bond donors (Lipinski definition) is 1. The lowest BCUT2D eigenvalue weighted by Gasteiger charge is -2.28. The Labute approximate surface area is 138 Å². The second kappa shape index (κ2) is 6.45. The van der Waals surface area contributed by atoms with Crippen LogP contribution < -0.4 is 5.32 Å². The van der Waals surface area contributed by atoms with E-state index in [2.05, 4.69) is 25.5 Å². The maximum atomic E-state index is 12.8. The fourth-order valence-corrected chi connectivity index (χ4v) is 2.35. The van der Waals surface area contributed by atoms with Crippen molar-refractivity contribution in [2.45, 2.75) is 19.3 Å². The SMILES string of the molecule is O=C(NCC(=O)N1CCn2c(nnc2C(F)(F)F)C1)c1cnccn1. The summed E-state index contributed by atoms with van der Waals surface area (Å²) in [6, 6.07) is 0. The van der Waals surface area contributed by atoms with Crippen LogP contribution in [0.5, 0.6) is 0 Å². The predicted octanol–water partition coefficient (Wildman–Crippen LogP) is -0.141. The molecule has 0 fully saturated rings. The summed E-state index contributed by atoms with van der Waals surface area (Å²) in [6.07, 6.45) is -0.600. The Morgan fingerprint density at radius 3 is 2.68 bits per heavy atom. The van der Waals surface area contributed by atoms with E-state index in [0.29, 0.717) is 0 Å². The molecule has 0 spiro atoms. The molecule has 1 aliphatic rings. The van der Waals surface area contributed by atoms with Gasteiger partial charge in [-0.15, -0.1) is 10.2 Å². The summed E-state index contributed by atoms with van der Waals surface area (Å²) in [5.74, 6) is -2.04. The van der Waals surface area contributed by atoms with Crippen LogP contribution in [0.15, 0.2) is 18.6 Å². The maximum Gasteiger partial charge on any atom is 0.451 e. The van der Waals surface area contributed by atoms with Crippen molar-refractivity contribution in [1.82, 2.24) is 34.9 Å². The summed E-state index contributed by atoms with van der Waals surface area (Å²) in [6.45, 7) is -0.423. The number of carbonyl (C=O) groups is 2. The van der Waals surface area contributed by atoms with Gasteiger partial charge in [0.25, 0.3) is 5.91 Å². The molecule has 2 aromatic heterocycles. The first-order valence-corrected chi connectivity index (χ1v) is 7.17. The number of fused-ring (bicyclic) bond motifs is 1. The molecule has 0 atom stereocenters. The Morgan fingerprint density at radius 1 is 1.20 bits per heavy atom. The number of amides is 2. The second-order valence-electron chi connectivity index (χ2n) is 5.18. The summed E-state index contributed by atoms with van der Waals surface area (Å²) < 4.78 is 39.3. The molecule has 0 unspecified atom stereocenters. The molecule has 0 aromatic carbocycles. The molecule has 3 heterocycles. The van der Waals surface area contributed by atoms with Crippen molar-refractivity contribution in [1.29, 1.82) is 0 Å². The van der Waals surface area contributed by atoms with Crippen molar-refractivity contribution in [3.8, 4) is 0 Å². The zero-order chi connectivity index (χ0) is 18.0. The monoisotopic (exact) mass is 355 g/mol. The average molecular weight is 355 g/mol. The van der Waals surface area contributed by atoms with Crippen LogP contribution in [-0.4, -0.2) is 54.5 Å². The van der Waals surface area contributed by atoms with E-state index in [-0.39, 0.29) is 37.7 Å². The zero-order valence-corrected chi connectivity index (χ0v) is 12.7. The quantitative estimate of drug-likeness (QED) is 0.821. The first-order chi connectivity index (χ1) is 11.9. The Balaban J connectivity index is 1.60. The van der Waals surface area contributed by atoms with Gasteiger partial charge in [-0.25, -0.2) is 4.98 Å². The Morgan fingerprint density at radius 2 is 2.00 bits per heavy atom. The molecule has 0 aliphatic carbocycles. The Hall–Kier alpha value is -3.05.